The summed E-state index contributed by atoms with van der Waals surface area (Å²) in [5.74, 6) is -0.689. The molecule has 1 saturated heterocycles. The number of rotatable bonds is 4. The Kier molecular flexibility index (Phi) is 4.82. The molecule has 2 aromatic rings. The van der Waals surface area contributed by atoms with Gasteiger partial charge in [0.2, 0.25) is 15.9 Å². The van der Waals surface area contributed by atoms with Gasteiger partial charge in [-0.15, -0.1) is 0 Å². The van der Waals surface area contributed by atoms with Crippen LogP contribution in [0.3, 0.4) is 0 Å². The van der Waals surface area contributed by atoms with E-state index in [2.05, 4.69) is 20.5 Å². The molecule has 0 spiro atoms. The monoisotopic (exact) mass is 367 g/mol. The fraction of sp³-hybridized carbons (Fsp3) is 0.400. The van der Waals surface area contributed by atoms with E-state index in [0.717, 1.165) is 6.26 Å². The maximum absolute atomic E-state index is 13.9. The maximum Gasteiger partial charge on any atom is 0.227 e. The molecular formula is C15H18FN5O3S. The molecule has 0 bridgehead atoms. The highest BCUT2D eigenvalue weighted by atomic mass is 32.2. The molecule has 1 fully saturated rings. The van der Waals surface area contributed by atoms with Crippen molar-refractivity contribution in [2.75, 3.05) is 24.7 Å². The zero-order valence-corrected chi connectivity index (χ0v) is 14.4. The number of carbonyl (C=O) groups is 1. The van der Waals surface area contributed by atoms with E-state index in [0.29, 0.717) is 31.6 Å². The summed E-state index contributed by atoms with van der Waals surface area (Å²) < 4.78 is 38.3. The fourth-order valence-electron chi connectivity index (χ4n) is 2.81. The van der Waals surface area contributed by atoms with Gasteiger partial charge in [0, 0.05) is 24.7 Å². The number of hydrogen-bond donors (Lipinski definition) is 2. The second kappa shape index (κ2) is 6.89. The number of nitrogens with zero attached hydrogens (tertiary/aromatic N) is 3. The Morgan fingerprint density at radius 2 is 2.08 bits per heavy atom. The van der Waals surface area contributed by atoms with E-state index in [1.807, 2.05) is 0 Å². The van der Waals surface area contributed by atoms with Crippen LogP contribution in [-0.2, 0) is 14.8 Å². The van der Waals surface area contributed by atoms with Crippen LogP contribution in [0.15, 0.2) is 24.5 Å². The Morgan fingerprint density at radius 3 is 2.68 bits per heavy atom. The molecule has 1 aromatic carbocycles. The number of anilines is 1. The molecule has 1 aliphatic rings. The highest BCUT2D eigenvalue weighted by molar-refractivity contribution is 7.88. The molecule has 3 rings (SSSR count). The quantitative estimate of drug-likeness (QED) is 0.845. The molecule has 0 unspecified atom stereocenters. The van der Waals surface area contributed by atoms with Crippen LogP contribution in [0.1, 0.15) is 12.8 Å². The summed E-state index contributed by atoms with van der Waals surface area (Å²) in [4.78, 5) is 16.3. The first-order chi connectivity index (χ1) is 11.8. The van der Waals surface area contributed by atoms with E-state index >= 15 is 0 Å². The number of halogens is 1. The number of carbonyl (C=O) groups excluding carboxylic acids is 1. The van der Waals surface area contributed by atoms with Crippen molar-refractivity contribution < 1.29 is 17.6 Å². The molecule has 0 saturated carbocycles. The van der Waals surface area contributed by atoms with Crippen molar-refractivity contribution in [3.05, 3.63) is 30.3 Å². The zero-order valence-electron chi connectivity index (χ0n) is 13.6. The molecule has 0 aliphatic carbocycles. The van der Waals surface area contributed by atoms with Crippen LogP contribution in [0, 0.1) is 11.7 Å². The van der Waals surface area contributed by atoms with E-state index in [1.54, 1.807) is 0 Å². The Balaban J connectivity index is 1.67. The average Bonchev–Trinajstić information content (AvgIpc) is 3.10. The van der Waals surface area contributed by atoms with E-state index in [-0.39, 0.29) is 23.2 Å². The molecule has 10 heteroatoms. The third-order valence-corrected chi connectivity index (χ3v) is 5.50. The minimum absolute atomic E-state index is 0.205. The molecule has 0 atom stereocenters. The summed E-state index contributed by atoms with van der Waals surface area (Å²) in [6, 6.07) is 4.21. The topological polar surface area (TPSA) is 108 Å². The lowest BCUT2D eigenvalue weighted by atomic mass is 9.97. The number of nitrogens with one attached hydrogen (secondary N) is 2. The molecule has 0 radical (unpaired) electrons. The molecule has 1 aromatic heterocycles. The lowest BCUT2D eigenvalue weighted by molar-refractivity contribution is -0.120. The van der Waals surface area contributed by atoms with Crippen LogP contribution in [0.5, 0.6) is 0 Å². The molecule has 8 nitrogen and oxygen atoms in total. The molecule has 2 N–H and O–H groups in total. The molecule has 25 heavy (non-hydrogen) atoms. The molecule has 1 aliphatic heterocycles. The summed E-state index contributed by atoms with van der Waals surface area (Å²) >= 11 is 0. The number of benzene rings is 1. The van der Waals surface area contributed by atoms with Gasteiger partial charge in [-0.1, -0.05) is 0 Å². The van der Waals surface area contributed by atoms with Crippen molar-refractivity contribution in [1.29, 1.82) is 0 Å². The van der Waals surface area contributed by atoms with Crippen molar-refractivity contribution in [2.24, 2.45) is 5.92 Å². The van der Waals surface area contributed by atoms with Gasteiger partial charge in [-0.25, -0.2) is 22.1 Å². The summed E-state index contributed by atoms with van der Waals surface area (Å²) in [6.07, 6.45) is 3.34. The number of sulfonamides is 1. The van der Waals surface area contributed by atoms with Crippen molar-refractivity contribution in [2.45, 2.75) is 12.8 Å². The lowest BCUT2D eigenvalue weighted by Gasteiger charge is -2.29. The SMILES string of the molecule is CS(=O)(=O)N1CCC(C(=O)Nc2ccc(F)c(-c3ncn[nH]3)c2)CC1. The van der Waals surface area contributed by atoms with E-state index in [9.17, 15) is 17.6 Å². The van der Waals surface area contributed by atoms with Gasteiger partial charge in [0.15, 0.2) is 5.82 Å². The molecule has 1 amide bonds. The predicted molar refractivity (Wildman–Crippen MR) is 89.5 cm³/mol. The second-order valence-electron chi connectivity index (χ2n) is 5.95. The van der Waals surface area contributed by atoms with Gasteiger partial charge in [-0.2, -0.15) is 5.10 Å². The van der Waals surface area contributed by atoms with Crippen LogP contribution in [-0.4, -0.2) is 53.2 Å². The Labute approximate surface area is 144 Å². The van der Waals surface area contributed by atoms with Crippen LogP contribution < -0.4 is 5.32 Å². The lowest BCUT2D eigenvalue weighted by Crippen LogP contribution is -2.40. The van der Waals surface area contributed by atoms with E-state index in [4.69, 9.17) is 0 Å². The average molecular weight is 367 g/mol. The second-order valence-corrected chi connectivity index (χ2v) is 7.94. The third-order valence-electron chi connectivity index (χ3n) is 4.20. The maximum atomic E-state index is 13.9. The number of aromatic amines is 1. The van der Waals surface area contributed by atoms with Gasteiger partial charge < -0.3 is 5.32 Å². The van der Waals surface area contributed by atoms with Crippen molar-refractivity contribution in [3.8, 4) is 11.4 Å². The standard InChI is InChI=1S/C15H18FN5O3S/c1-25(23,24)21-6-4-10(5-7-21)15(22)19-11-2-3-13(16)12(8-11)14-17-9-18-20-14/h2-3,8-10H,4-7H2,1H3,(H,19,22)(H,17,18,20). The predicted octanol–water partition coefficient (Wildman–Crippen LogP) is 1.22. The first-order valence-corrected chi connectivity index (χ1v) is 9.60. The highest BCUT2D eigenvalue weighted by Gasteiger charge is 2.29. The van der Waals surface area contributed by atoms with Gasteiger partial charge in [0.05, 0.1) is 11.8 Å². The fourth-order valence-corrected chi connectivity index (χ4v) is 3.69. The number of aromatic nitrogens is 3. The zero-order chi connectivity index (χ0) is 18.0. The summed E-state index contributed by atoms with van der Waals surface area (Å²) in [5, 5.41) is 9.03. The summed E-state index contributed by atoms with van der Waals surface area (Å²) in [6.45, 7) is 0.646. The Bertz CT molecular complexity index is 861. The van der Waals surface area contributed by atoms with Crippen LogP contribution in [0.2, 0.25) is 0 Å². The smallest absolute Gasteiger partial charge is 0.227 e. The Hall–Kier alpha value is -2.33. The number of piperidine rings is 1. The molecular weight excluding hydrogens is 349 g/mol. The number of amides is 1. The minimum Gasteiger partial charge on any atom is -0.326 e. The number of hydrogen-bond acceptors (Lipinski definition) is 5. The summed E-state index contributed by atoms with van der Waals surface area (Å²) in [5.41, 5.74) is 0.658. The van der Waals surface area contributed by atoms with Crippen LogP contribution >= 0.6 is 0 Å². The largest absolute Gasteiger partial charge is 0.326 e. The normalized spacial score (nSPS) is 16.7. The van der Waals surface area contributed by atoms with E-state index in [1.165, 1.54) is 28.8 Å². The highest BCUT2D eigenvalue weighted by Crippen LogP contribution is 2.25. The van der Waals surface area contributed by atoms with Gasteiger partial charge in [-0.05, 0) is 31.0 Å². The van der Waals surface area contributed by atoms with Crippen LogP contribution in [0.25, 0.3) is 11.4 Å². The molecule has 134 valence electrons. The van der Waals surface area contributed by atoms with Crippen molar-refractivity contribution >= 4 is 21.6 Å². The van der Waals surface area contributed by atoms with Gasteiger partial charge in [0.25, 0.3) is 0 Å². The van der Waals surface area contributed by atoms with Gasteiger partial charge in [-0.3, -0.25) is 9.89 Å². The van der Waals surface area contributed by atoms with Crippen molar-refractivity contribution in [1.82, 2.24) is 19.5 Å². The van der Waals surface area contributed by atoms with Gasteiger partial charge >= 0.3 is 0 Å². The molecule has 2 heterocycles. The van der Waals surface area contributed by atoms with Crippen LogP contribution in [0.4, 0.5) is 10.1 Å². The minimum atomic E-state index is -3.23. The Morgan fingerprint density at radius 1 is 1.36 bits per heavy atom. The van der Waals surface area contributed by atoms with Crippen molar-refractivity contribution in [3.63, 3.8) is 0 Å². The third kappa shape index (κ3) is 4.02. The first-order valence-electron chi connectivity index (χ1n) is 7.76. The van der Waals surface area contributed by atoms with Gasteiger partial charge in [0.1, 0.15) is 12.1 Å². The number of H-pyrrole nitrogens is 1. The van der Waals surface area contributed by atoms with E-state index < -0.39 is 15.8 Å². The first kappa shape index (κ1) is 17.5. The summed E-state index contributed by atoms with van der Waals surface area (Å²) in [7, 11) is -3.23.